The van der Waals surface area contributed by atoms with Crippen LogP contribution in [0.2, 0.25) is 0 Å². The molecule has 1 saturated heterocycles. The number of amides is 2. The number of nitrogens with zero attached hydrogens (tertiary/aromatic N) is 2. The molecule has 0 unspecified atom stereocenters. The minimum absolute atomic E-state index is 0.0753. The number of benzene rings is 1. The fourth-order valence-electron chi connectivity index (χ4n) is 4.33. The summed E-state index contributed by atoms with van der Waals surface area (Å²) in [5.74, 6) is 0.397. The van der Waals surface area contributed by atoms with Crippen molar-refractivity contribution in [1.29, 1.82) is 0 Å². The Morgan fingerprint density at radius 2 is 1.94 bits per heavy atom. The molecule has 8 nitrogen and oxygen atoms in total. The van der Waals surface area contributed by atoms with Crippen molar-refractivity contribution >= 4 is 33.6 Å². The van der Waals surface area contributed by atoms with Crippen LogP contribution < -0.4 is 10.1 Å². The molecule has 168 valence electrons. The van der Waals surface area contributed by atoms with Gasteiger partial charge in [0, 0.05) is 6.04 Å². The van der Waals surface area contributed by atoms with Gasteiger partial charge in [0.25, 0.3) is 0 Å². The fourth-order valence-corrected chi connectivity index (χ4v) is 5.06. The Labute approximate surface area is 185 Å². The monoisotopic (exact) mass is 447 g/mol. The van der Waals surface area contributed by atoms with E-state index in [0.717, 1.165) is 30.4 Å². The van der Waals surface area contributed by atoms with E-state index in [1.807, 2.05) is 13.8 Å². The van der Waals surface area contributed by atoms with E-state index in [-0.39, 0.29) is 24.1 Å². The van der Waals surface area contributed by atoms with Crippen molar-refractivity contribution < 1.29 is 24.2 Å². The van der Waals surface area contributed by atoms with Crippen molar-refractivity contribution in [2.75, 3.05) is 20.2 Å². The number of carbonyl (C=O) groups is 2. The Bertz CT molecular complexity index is 956. The molecule has 0 radical (unpaired) electrons. The molecular weight excluding hydrogens is 418 g/mol. The summed E-state index contributed by atoms with van der Waals surface area (Å²) in [4.78, 5) is 30.6. The summed E-state index contributed by atoms with van der Waals surface area (Å²) >= 11 is 1.43. The average Bonchev–Trinajstić information content (AvgIpc) is 3.18. The summed E-state index contributed by atoms with van der Waals surface area (Å²) in [7, 11) is 1.35. The highest BCUT2D eigenvalue weighted by molar-refractivity contribution is 7.16. The molecule has 31 heavy (non-hydrogen) atoms. The number of rotatable bonds is 5. The van der Waals surface area contributed by atoms with Gasteiger partial charge >= 0.3 is 12.0 Å². The third-order valence-electron chi connectivity index (χ3n) is 6.31. The van der Waals surface area contributed by atoms with Crippen molar-refractivity contribution in [3.63, 3.8) is 0 Å². The maximum Gasteiger partial charge on any atom is 0.338 e. The number of urea groups is 1. The lowest BCUT2D eigenvalue weighted by Crippen LogP contribution is -2.60. The van der Waals surface area contributed by atoms with Gasteiger partial charge < -0.3 is 24.8 Å². The molecule has 1 aliphatic carbocycles. The van der Waals surface area contributed by atoms with Crippen LogP contribution in [0.5, 0.6) is 5.75 Å². The number of aliphatic hydroxyl groups is 1. The van der Waals surface area contributed by atoms with Gasteiger partial charge in [-0.1, -0.05) is 0 Å². The van der Waals surface area contributed by atoms with Gasteiger partial charge in [-0.25, -0.2) is 14.6 Å². The summed E-state index contributed by atoms with van der Waals surface area (Å²) < 4.78 is 11.7. The highest BCUT2D eigenvalue weighted by Gasteiger charge is 2.36. The summed E-state index contributed by atoms with van der Waals surface area (Å²) in [5, 5.41) is 13.3. The van der Waals surface area contributed by atoms with Crippen molar-refractivity contribution in [2.45, 2.75) is 57.3 Å². The maximum atomic E-state index is 12.6. The van der Waals surface area contributed by atoms with Gasteiger partial charge in [-0.05, 0) is 57.6 Å². The number of hydrogen-bond donors (Lipinski definition) is 2. The number of nitrogens with one attached hydrogen (secondary N) is 1. The van der Waals surface area contributed by atoms with Crippen LogP contribution >= 0.6 is 11.3 Å². The van der Waals surface area contributed by atoms with E-state index >= 15 is 0 Å². The lowest BCUT2D eigenvalue weighted by molar-refractivity contribution is -0.00326. The van der Waals surface area contributed by atoms with Crippen LogP contribution in [0.1, 0.15) is 49.9 Å². The normalized spacial score (nSPS) is 22.1. The van der Waals surface area contributed by atoms with E-state index < -0.39 is 11.6 Å². The molecule has 2 heterocycles. The van der Waals surface area contributed by atoms with Crippen LogP contribution in [0.15, 0.2) is 17.6 Å². The molecule has 4 rings (SSSR count). The zero-order valence-corrected chi connectivity index (χ0v) is 18.9. The molecule has 0 atom stereocenters. The second kappa shape index (κ2) is 8.63. The van der Waals surface area contributed by atoms with E-state index in [4.69, 9.17) is 9.47 Å². The van der Waals surface area contributed by atoms with Gasteiger partial charge in [0.1, 0.15) is 17.4 Å². The molecule has 1 aromatic heterocycles. The number of esters is 1. The highest BCUT2D eigenvalue weighted by atomic mass is 32.1. The van der Waals surface area contributed by atoms with Crippen LogP contribution in [0, 0.1) is 5.92 Å². The second-order valence-electron chi connectivity index (χ2n) is 8.96. The van der Waals surface area contributed by atoms with Crippen LogP contribution in [-0.2, 0) is 4.74 Å². The molecule has 0 spiro atoms. The standard InChI is InChI=1S/C22H29N3O5S/c1-22(2,28)14-4-6-15(7-5-14)24-21(27)25-10-16(11-25)30-17-8-13(20(26)29-3)9-18-19(17)23-12-31-18/h8-9,12,14-16,28H,4-7,10-11H2,1-3H3,(H,24,27)/t14-,15-. The Hall–Kier alpha value is -2.39. The van der Waals surface area contributed by atoms with Crippen LogP contribution in [0.3, 0.4) is 0 Å². The zero-order chi connectivity index (χ0) is 22.2. The first-order valence-electron chi connectivity index (χ1n) is 10.6. The first kappa shape index (κ1) is 21.8. The lowest BCUT2D eigenvalue weighted by atomic mass is 9.77. The van der Waals surface area contributed by atoms with Gasteiger partial charge in [-0.15, -0.1) is 11.3 Å². The highest BCUT2D eigenvalue weighted by Crippen LogP contribution is 2.33. The number of hydrogen-bond acceptors (Lipinski definition) is 7. The van der Waals surface area contributed by atoms with Crippen molar-refractivity contribution in [3.05, 3.63) is 23.2 Å². The molecule has 2 fully saturated rings. The van der Waals surface area contributed by atoms with Gasteiger partial charge in [-0.2, -0.15) is 0 Å². The Balaban J connectivity index is 1.30. The van der Waals surface area contributed by atoms with Crippen LogP contribution in [-0.4, -0.2) is 64.9 Å². The second-order valence-corrected chi connectivity index (χ2v) is 9.85. The average molecular weight is 448 g/mol. The number of fused-ring (bicyclic) bond motifs is 1. The molecule has 2 aliphatic rings. The van der Waals surface area contributed by atoms with E-state index in [9.17, 15) is 14.7 Å². The SMILES string of the molecule is COC(=O)c1cc(OC2CN(C(=O)N[C@H]3CC[C@H](C(C)(C)O)CC3)C2)c2ncsc2c1. The van der Waals surface area contributed by atoms with Gasteiger partial charge in [0.05, 0.1) is 41.6 Å². The first-order chi connectivity index (χ1) is 14.7. The van der Waals surface area contributed by atoms with E-state index in [1.165, 1.54) is 18.4 Å². The maximum absolute atomic E-state index is 12.6. The molecule has 2 N–H and O–H groups in total. The number of ether oxygens (including phenoxy) is 2. The third kappa shape index (κ3) is 4.77. The molecule has 9 heteroatoms. The molecule has 1 aromatic carbocycles. The topological polar surface area (TPSA) is 101 Å². The third-order valence-corrected chi connectivity index (χ3v) is 7.08. The number of thiazole rings is 1. The van der Waals surface area contributed by atoms with Gasteiger partial charge in [0.15, 0.2) is 0 Å². The Morgan fingerprint density at radius 3 is 2.58 bits per heavy atom. The van der Waals surface area contributed by atoms with E-state index in [2.05, 4.69) is 10.3 Å². The molecule has 2 amide bonds. The molecule has 2 aromatic rings. The van der Waals surface area contributed by atoms with Gasteiger partial charge in [0.2, 0.25) is 0 Å². The fraction of sp³-hybridized carbons (Fsp3) is 0.591. The zero-order valence-electron chi connectivity index (χ0n) is 18.1. The summed E-state index contributed by atoms with van der Waals surface area (Å²) in [6, 6.07) is 3.47. The molecular formula is C22H29N3O5S. The Morgan fingerprint density at radius 1 is 1.23 bits per heavy atom. The number of likely N-dealkylation sites (tertiary alicyclic amines) is 1. The molecule has 1 saturated carbocycles. The smallest absolute Gasteiger partial charge is 0.338 e. The van der Waals surface area contributed by atoms with Crippen molar-refractivity contribution in [1.82, 2.24) is 15.2 Å². The van der Waals surface area contributed by atoms with Crippen LogP contribution in [0.25, 0.3) is 10.2 Å². The number of carbonyl (C=O) groups excluding carboxylic acids is 2. The Kier molecular flexibility index (Phi) is 6.07. The number of methoxy groups -OCH3 is 1. The minimum Gasteiger partial charge on any atom is -0.484 e. The van der Waals surface area contributed by atoms with Crippen LogP contribution in [0.4, 0.5) is 4.79 Å². The number of aromatic nitrogens is 1. The molecule has 1 aliphatic heterocycles. The van der Waals surface area contributed by atoms with Crippen molar-refractivity contribution in [3.8, 4) is 5.75 Å². The quantitative estimate of drug-likeness (QED) is 0.683. The first-order valence-corrected chi connectivity index (χ1v) is 11.5. The van der Waals surface area contributed by atoms with E-state index in [0.29, 0.717) is 29.9 Å². The summed E-state index contributed by atoms with van der Waals surface area (Å²) in [5.41, 5.74) is 2.19. The predicted octanol–water partition coefficient (Wildman–Crippen LogP) is 3.19. The summed E-state index contributed by atoms with van der Waals surface area (Å²) in [6.45, 7) is 4.69. The predicted molar refractivity (Wildman–Crippen MR) is 118 cm³/mol. The minimum atomic E-state index is -0.662. The lowest BCUT2D eigenvalue weighted by Gasteiger charge is -2.41. The summed E-state index contributed by atoms with van der Waals surface area (Å²) in [6.07, 6.45) is 3.46. The van der Waals surface area contributed by atoms with E-state index in [1.54, 1.807) is 22.5 Å². The van der Waals surface area contributed by atoms with Crippen molar-refractivity contribution in [2.24, 2.45) is 5.92 Å². The molecule has 0 bridgehead atoms. The van der Waals surface area contributed by atoms with Gasteiger partial charge in [-0.3, -0.25) is 0 Å². The largest absolute Gasteiger partial charge is 0.484 e.